The summed E-state index contributed by atoms with van der Waals surface area (Å²) >= 11 is 4.35. The maximum atomic E-state index is 12.9. The molecule has 0 amide bonds. The summed E-state index contributed by atoms with van der Waals surface area (Å²) in [6.45, 7) is 1.78. The van der Waals surface area contributed by atoms with Crippen LogP contribution in [0.4, 0.5) is 13.2 Å². The second-order valence-electron chi connectivity index (χ2n) is 4.15. The third kappa shape index (κ3) is 3.46. The summed E-state index contributed by atoms with van der Waals surface area (Å²) in [5.41, 5.74) is -0.760. The number of aryl methyl sites for hydroxylation is 1. The van der Waals surface area contributed by atoms with Crippen molar-refractivity contribution in [3.05, 3.63) is 49.9 Å². The Labute approximate surface area is 125 Å². The third-order valence-corrected chi connectivity index (χ3v) is 3.91. The quantitative estimate of drug-likeness (QED) is 0.742. The van der Waals surface area contributed by atoms with Crippen molar-refractivity contribution in [2.45, 2.75) is 19.5 Å². The van der Waals surface area contributed by atoms with E-state index in [1.54, 1.807) is 12.3 Å². The Morgan fingerprint density at radius 2 is 2.10 bits per heavy atom. The molecule has 0 radical (unpaired) electrons. The highest BCUT2D eigenvalue weighted by Gasteiger charge is 2.35. The Hall–Kier alpha value is -1.21. The van der Waals surface area contributed by atoms with Gasteiger partial charge in [0.1, 0.15) is 0 Å². The van der Waals surface area contributed by atoms with Crippen LogP contribution in [-0.2, 0) is 12.6 Å². The summed E-state index contributed by atoms with van der Waals surface area (Å²) in [6, 6.07) is 3.53. The highest BCUT2D eigenvalue weighted by Crippen LogP contribution is 2.34. The lowest BCUT2D eigenvalue weighted by molar-refractivity contribution is -0.138. The van der Waals surface area contributed by atoms with Gasteiger partial charge in [-0.2, -0.15) is 13.2 Å². The lowest BCUT2D eigenvalue weighted by atomic mass is 10.0. The summed E-state index contributed by atoms with van der Waals surface area (Å²) in [5, 5.41) is 2.46. The number of Topliss-reactive ketones (excluding diaryl/α,β-unsaturated/α-hetero) is 1. The first-order valence-corrected chi connectivity index (χ1v) is 7.25. The van der Waals surface area contributed by atoms with Gasteiger partial charge in [0.2, 0.25) is 0 Å². The minimum atomic E-state index is -4.56. The van der Waals surface area contributed by atoms with Crippen LogP contribution in [0.15, 0.2) is 28.1 Å². The molecule has 0 unspecified atom stereocenters. The van der Waals surface area contributed by atoms with E-state index >= 15 is 0 Å². The molecule has 2 aromatic rings. The van der Waals surface area contributed by atoms with Crippen LogP contribution in [0.2, 0.25) is 0 Å². The van der Waals surface area contributed by atoms with Gasteiger partial charge in [-0.1, -0.05) is 15.9 Å². The van der Waals surface area contributed by atoms with Gasteiger partial charge in [0.15, 0.2) is 5.78 Å². The number of nitrogens with zero attached hydrogens (tertiary/aromatic N) is 1. The van der Waals surface area contributed by atoms with E-state index in [0.717, 1.165) is 11.1 Å². The SMILES string of the molecule is Cc1nc(CC(=O)c2ccc(Br)cc2C(F)(F)F)cs1. The minimum Gasteiger partial charge on any atom is -0.294 e. The van der Waals surface area contributed by atoms with Gasteiger partial charge in [-0.3, -0.25) is 4.79 Å². The van der Waals surface area contributed by atoms with Gasteiger partial charge < -0.3 is 0 Å². The van der Waals surface area contributed by atoms with Crippen molar-refractivity contribution in [3.8, 4) is 0 Å². The van der Waals surface area contributed by atoms with Crippen LogP contribution in [0.25, 0.3) is 0 Å². The molecule has 0 spiro atoms. The summed E-state index contributed by atoms with van der Waals surface area (Å²) in [6.07, 6.45) is -4.69. The summed E-state index contributed by atoms with van der Waals surface area (Å²) in [5.74, 6) is -0.588. The smallest absolute Gasteiger partial charge is 0.294 e. The standard InChI is InChI=1S/C13H9BrF3NOS/c1-7-18-9(6-20-7)5-12(19)10-3-2-8(14)4-11(10)13(15,16)17/h2-4,6H,5H2,1H3. The number of aromatic nitrogens is 1. The number of thiazole rings is 1. The van der Waals surface area contributed by atoms with Crippen molar-refractivity contribution in [2.75, 3.05) is 0 Å². The molecule has 2 nitrogen and oxygen atoms in total. The van der Waals surface area contributed by atoms with Crippen molar-refractivity contribution < 1.29 is 18.0 Å². The Morgan fingerprint density at radius 3 is 2.65 bits per heavy atom. The van der Waals surface area contributed by atoms with E-state index in [0.29, 0.717) is 5.69 Å². The fourth-order valence-electron chi connectivity index (χ4n) is 1.74. The van der Waals surface area contributed by atoms with E-state index < -0.39 is 17.5 Å². The highest BCUT2D eigenvalue weighted by atomic mass is 79.9. The van der Waals surface area contributed by atoms with E-state index in [4.69, 9.17) is 0 Å². The molecule has 20 heavy (non-hydrogen) atoms. The van der Waals surface area contributed by atoms with Gasteiger partial charge in [0.25, 0.3) is 0 Å². The average molecular weight is 364 g/mol. The molecule has 0 N–H and O–H groups in total. The normalized spacial score (nSPS) is 11.7. The van der Waals surface area contributed by atoms with Gasteiger partial charge in [-0.05, 0) is 25.1 Å². The third-order valence-electron chi connectivity index (χ3n) is 2.60. The summed E-state index contributed by atoms with van der Waals surface area (Å²) in [4.78, 5) is 16.1. The van der Waals surface area contributed by atoms with Gasteiger partial charge in [0.05, 0.1) is 22.7 Å². The Kier molecular flexibility index (Phi) is 4.29. The number of ketones is 1. The van der Waals surface area contributed by atoms with E-state index in [1.807, 2.05) is 0 Å². The number of hydrogen-bond acceptors (Lipinski definition) is 3. The maximum absolute atomic E-state index is 12.9. The summed E-state index contributed by atoms with van der Waals surface area (Å²) < 4.78 is 39.1. The predicted octanol–water partition coefficient (Wildman–Crippen LogP) is 4.66. The second kappa shape index (κ2) is 5.65. The molecule has 1 heterocycles. The van der Waals surface area contributed by atoms with E-state index in [1.165, 1.54) is 23.5 Å². The number of halogens is 4. The van der Waals surface area contributed by atoms with Gasteiger partial charge >= 0.3 is 6.18 Å². The molecule has 0 saturated carbocycles. The van der Waals surface area contributed by atoms with E-state index in [9.17, 15) is 18.0 Å². The van der Waals surface area contributed by atoms with Gasteiger partial charge in [-0.25, -0.2) is 4.98 Å². The fraction of sp³-hybridized carbons (Fsp3) is 0.231. The largest absolute Gasteiger partial charge is 0.417 e. The molecule has 7 heteroatoms. The number of hydrogen-bond donors (Lipinski definition) is 0. The predicted molar refractivity (Wildman–Crippen MR) is 74.0 cm³/mol. The minimum absolute atomic E-state index is 0.130. The molecule has 0 fully saturated rings. The zero-order valence-electron chi connectivity index (χ0n) is 10.3. The lowest BCUT2D eigenvalue weighted by Gasteiger charge is -2.12. The first-order chi connectivity index (χ1) is 9.27. The highest BCUT2D eigenvalue weighted by molar-refractivity contribution is 9.10. The molecule has 1 aromatic carbocycles. The van der Waals surface area contributed by atoms with Crippen LogP contribution >= 0.6 is 27.3 Å². The molecular weight excluding hydrogens is 355 g/mol. The average Bonchev–Trinajstić information content (AvgIpc) is 2.73. The molecule has 0 bridgehead atoms. The number of rotatable bonds is 3. The molecule has 1 aromatic heterocycles. The van der Waals surface area contributed by atoms with Crippen molar-refractivity contribution in [1.82, 2.24) is 4.98 Å². The van der Waals surface area contributed by atoms with Crippen molar-refractivity contribution in [1.29, 1.82) is 0 Å². The van der Waals surface area contributed by atoms with Crippen LogP contribution in [0.5, 0.6) is 0 Å². The number of carbonyl (C=O) groups is 1. The molecule has 2 rings (SSSR count). The first-order valence-electron chi connectivity index (χ1n) is 5.58. The van der Waals surface area contributed by atoms with Crippen LogP contribution in [-0.4, -0.2) is 10.8 Å². The first kappa shape index (κ1) is 15.2. The van der Waals surface area contributed by atoms with Crippen LogP contribution in [0.1, 0.15) is 26.6 Å². The molecule has 0 atom stereocenters. The molecule has 106 valence electrons. The van der Waals surface area contributed by atoms with E-state index in [2.05, 4.69) is 20.9 Å². The monoisotopic (exact) mass is 363 g/mol. The zero-order chi connectivity index (χ0) is 14.9. The Morgan fingerprint density at radius 1 is 1.40 bits per heavy atom. The Balaban J connectivity index is 2.34. The van der Waals surface area contributed by atoms with Gasteiger partial charge in [-0.15, -0.1) is 11.3 Å². The van der Waals surface area contributed by atoms with Crippen molar-refractivity contribution in [3.63, 3.8) is 0 Å². The Bertz CT molecular complexity index is 651. The zero-order valence-corrected chi connectivity index (χ0v) is 12.7. The number of carbonyl (C=O) groups excluding carboxylic acids is 1. The maximum Gasteiger partial charge on any atom is 0.417 e. The topological polar surface area (TPSA) is 30.0 Å². The van der Waals surface area contributed by atoms with Crippen molar-refractivity contribution >= 4 is 33.0 Å². The lowest BCUT2D eigenvalue weighted by Crippen LogP contribution is -2.14. The van der Waals surface area contributed by atoms with Crippen LogP contribution in [0.3, 0.4) is 0 Å². The molecule has 0 aliphatic heterocycles. The summed E-state index contributed by atoms with van der Waals surface area (Å²) in [7, 11) is 0. The molecule has 0 aliphatic rings. The molecule has 0 saturated heterocycles. The van der Waals surface area contributed by atoms with E-state index in [-0.39, 0.29) is 16.5 Å². The molecule has 0 aliphatic carbocycles. The van der Waals surface area contributed by atoms with Crippen LogP contribution in [0, 0.1) is 6.92 Å². The van der Waals surface area contributed by atoms with Gasteiger partial charge in [0, 0.05) is 15.4 Å². The number of benzene rings is 1. The fourth-order valence-corrected chi connectivity index (χ4v) is 2.72. The van der Waals surface area contributed by atoms with Crippen LogP contribution < -0.4 is 0 Å². The number of alkyl halides is 3. The molecular formula is C13H9BrF3NOS. The second-order valence-corrected chi connectivity index (χ2v) is 6.12. The van der Waals surface area contributed by atoms with Crippen molar-refractivity contribution in [2.24, 2.45) is 0 Å².